The summed E-state index contributed by atoms with van der Waals surface area (Å²) in [5, 5.41) is 11.1. The molecule has 0 aromatic heterocycles. The van der Waals surface area contributed by atoms with Crippen molar-refractivity contribution in [2.45, 2.75) is 36.7 Å². The first-order valence-corrected chi connectivity index (χ1v) is 12.1. The number of non-ortho nitro benzene ring substituents is 1. The number of nitrogens with zero attached hydrogens (tertiary/aromatic N) is 2. The average molecular weight is 481 g/mol. The van der Waals surface area contributed by atoms with E-state index in [0.717, 1.165) is 5.56 Å². The summed E-state index contributed by atoms with van der Waals surface area (Å²) in [5.74, 6) is 0.460. The minimum atomic E-state index is -4.04. The predicted octanol–water partition coefficient (Wildman–Crippen LogP) is 4.75. The van der Waals surface area contributed by atoms with Crippen molar-refractivity contribution in [3.63, 3.8) is 0 Å². The van der Waals surface area contributed by atoms with Gasteiger partial charge in [0.1, 0.15) is 11.5 Å². The average Bonchev–Trinajstić information content (AvgIpc) is 2.83. The number of hydrogen-bond donors (Lipinski definition) is 0. The monoisotopic (exact) mass is 480 g/mol. The van der Waals surface area contributed by atoms with Crippen LogP contribution in [0.2, 0.25) is 0 Å². The number of aryl methyl sites for hydroxylation is 1. The molecule has 0 N–H and O–H groups in total. The van der Waals surface area contributed by atoms with Gasteiger partial charge in [-0.05, 0) is 42.3 Å². The molecule has 176 valence electrons. The largest absolute Gasteiger partial charge is 0.497 e. The SMILES string of the molecule is COc1cccc([C@H]2CC(=O)C[C@@H](c3ccc([N+](=O)[O-])cc3)N2S(=O)(=O)c2ccc(C)cc2)c1. The normalized spacial score (nSPS) is 19.1. The van der Waals surface area contributed by atoms with E-state index in [9.17, 15) is 23.3 Å². The van der Waals surface area contributed by atoms with E-state index in [1.807, 2.05) is 6.92 Å². The summed E-state index contributed by atoms with van der Waals surface area (Å²) in [5.41, 5.74) is 1.96. The van der Waals surface area contributed by atoms with Gasteiger partial charge in [-0.2, -0.15) is 4.31 Å². The van der Waals surface area contributed by atoms with Crippen LogP contribution in [-0.4, -0.2) is 30.5 Å². The number of ether oxygens (including phenoxy) is 1. The first-order chi connectivity index (χ1) is 16.2. The van der Waals surface area contributed by atoms with Crippen molar-refractivity contribution in [1.82, 2.24) is 4.31 Å². The molecular weight excluding hydrogens is 456 g/mol. The molecule has 3 aromatic carbocycles. The van der Waals surface area contributed by atoms with Crippen molar-refractivity contribution in [3.05, 3.63) is 99.6 Å². The summed E-state index contributed by atoms with van der Waals surface area (Å²) in [6.07, 6.45) is -0.00882. The van der Waals surface area contributed by atoms with Crippen molar-refractivity contribution in [2.75, 3.05) is 7.11 Å². The number of carbonyl (C=O) groups is 1. The second kappa shape index (κ2) is 9.36. The quantitative estimate of drug-likeness (QED) is 0.372. The fourth-order valence-corrected chi connectivity index (χ4v) is 6.06. The Labute approximate surface area is 198 Å². The van der Waals surface area contributed by atoms with Crippen molar-refractivity contribution in [3.8, 4) is 5.75 Å². The zero-order valence-electron chi connectivity index (χ0n) is 18.7. The number of sulfonamides is 1. The van der Waals surface area contributed by atoms with Gasteiger partial charge in [0.25, 0.3) is 5.69 Å². The molecule has 1 aliphatic rings. The highest BCUT2D eigenvalue weighted by Crippen LogP contribution is 2.44. The van der Waals surface area contributed by atoms with Gasteiger partial charge in [-0.3, -0.25) is 14.9 Å². The molecule has 4 rings (SSSR count). The Hall–Kier alpha value is -3.56. The van der Waals surface area contributed by atoms with Crippen LogP contribution in [0.1, 0.15) is 41.6 Å². The molecule has 0 aliphatic carbocycles. The number of benzene rings is 3. The molecule has 0 saturated carbocycles. The van der Waals surface area contributed by atoms with Crippen LogP contribution in [0.15, 0.2) is 77.7 Å². The molecule has 0 spiro atoms. The van der Waals surface area contributed by atoms with Crippen LogP contribution in [0.25, 0.3) is 0 Å². The van der Waals surface area contributed by atoms with Crippen LogP contribution in [0.4, 0.5) is 5.69 Å². The van der Waals surface area contributed by atoms with Gasteiger partial charge in [0.05, 0.1) is 29.0 Å². The number of hydrogen-bond acceptors (Lipinski definition) is 6. The number of Topliss-reactive ketones (excluding diaryl/α,β-unsaturated/α-hetero) is 1. The van der Waals surface area contributed by atoms with Crippen LogP contribution in [0.5, 0.6) is 5.75 Å². The van der Waals surface area contributed by atoms with Crippen LogP contribution in [0, 0.1) is 17.0 Å². The summed E-state index contributed by atoms with van der Waals surface area (Å²) < 4.78 is 34.6. The van der Waals surface area contributed by atoms with Gasteiger partial charge in [-0.25, -0.2) is 8.42 Å². The molecule has 3 aromatic rings. The third-order valence-corrected chi connectivity index (χ3v) is 7.95. The Balaban J connectivity index is 1.88. The van der Waals surface area contributed by atoms with E-state index in [4.69, 9.17) is 4.74 Å². The minimum Gasteiger partial charge on any atom is -0.497 e. The Morgan fingerprint density at radius 1 is 0.941 bits per heavy atom. The summed E-state index contributed by atoms with van der Waals surface area (Å²) in [4.78, 5) is 23.6. The van der Waals surface area contributed by atoms with Gasteiger partial charge in [0.15, 0.2) is 0 Å². The Kier molecular flexibility index (Phi) is 6.49. The zero-order chi connectivity index (χ0) is 24.5. The molecular formula is C25H24N2O6S. The van der Waals surface area contributed by atoms with E-state index in [1.54, 1.807) is 48.5 Å². The Bertz CT molecular complexity index is 1320. The lowest BCUT2D eigenvalue weighted by molar-refractivity contribution is -0.384. The van der Waals surface area contributed by atoms with Crippen LogP contribution >= 0.6 is 0 Å². The van der Waals surface area contributed by atoms with E-state index in [1.165, 1.54) is 35.7 Å². The van der Waals surface area contributed by atoms with Crippen molar-refractivity contribution in [2.24, 2.45) is 0 Å². The molecule has 34 heavy (non-hydrogen) atoms. The van der Waals surface area contributed by atoms with Gasteiger partial charge in [-0.1, -0.05) is 42.0 Å². The lowest BCUT2D eigenvalue weighted by atomic mass is 9.89. The Morgan fingerprint density at radius 2 is 1.56 bits per heavy atom. The van der Waals surface area contributed by atoms with Crippen molar-refractivity contribution in [1.29, 1.82) is 0 Å². The summed E-state index contributed by atoms with van der Waals surface area (Å²) in [7, 11) is -2.52. The molecule has 1 aliphatic heterocycles. The summed E-state index contributed by atoms with van der Waals surface area (Å²) in [6.45, 7) is 1.87. The van der Waals surface area contributed by atoms with Gasteiger partial charge in [0, 0.05) is 25.0 Å². The van der Waals surface area contributed by atoms with Gasteiger partial charge in [-0.15, -0.1) is 0 Å². The maximum Gasteiger partial charge on any atom is 0.269 e. The van der Waals surface area contributed by atoms with Crippen LogP contribution in [0.3, 0.4) is 0 Å². The lowest BCUT2D eigenvalue weighted by Crippen LogP contribution is -2.43. The molecule has 9 heteroatoms. The Morgan fingerprint density at radius 3 is 2.15 bits per heavy atom. The van der Waals surface area contributed by atoms with Crippen LogP contribution < -0.4 is 4.74 Å². The molecule has 0 unspecified atom stereocenters. The minimum absolute atomic E-state index is 0.0156. The standard InChI is InChI=1S/C25H24N2O6S/c1-17-6-12-23(13-7-17)34(31,32)26-24(18-8-10-20(11-9-18)27(29)30)15-21(28)16-25(26)19-4-3-5-22(14-19)33-2/h3-14,24-25H,15-16H2,1-2H3/t24-,25+/m0/s1. The molecule has 2 atom stereocenters. The fourth-order valence-electron chi connectivity index (χ4n) is 4.28. The predicted molar refractivity (Wildman–Crippen MR) is 126 cm³/mol. The number of methoxy groups -OCH3 is 1. The fraction of sp³-hybridized carbons (Fsp3) is 0.240. The van der Waals surface area contributed by atoms with E-state index >= 15 is 0 Å². The number of ketones is 1. The topological polar surface area (TPSA) is 107 Å². The highest BCUT2D eigenvalue weighted by Gasteiger charge is 2.44. The van der Waals surface area contributed by atoms with E-state index in [-0.39, 0.29) is 29.2 Å². The van der Waals surface area contributed by atoms with Crippen molar-refractivity contribution >= 4 is 21.5 Å². The zero-order valence-corrected chi connectivity index (χ0v) is 19.6. The second-order valence-electron chi connectivity index (χ2n) is 8.25. The summed E-state index contributed by atoms with van der Waals surface area (Å²) >= 11 is 0. The molecule has 1 saturated heterocycles. The highest BCUT2D eigenvalue weighted by molar-refractivity contribution is 7.89. The third kappa shape index (κ3) is 4.57. The van der Waals surface area contributed by atoms with Gasteiger partial charge < -0.3 is 4.74 Å². The first-order valence-electron chi connectivity index (χ1n) is 10.7. The maximum atomic E-state index is 14.0. The van der Waals surface area contributed by atoms with E-state index in [2.05, 4.69) is 0 Å². The second-order valence-corrected chi connectivity index (χ2v) is 10.1. The van der Waals surface area contributed by atoms with E-state index < -0.39 is 27.0 Å². The first kappa shape index (κ1) is 23.6. The van der Waals surface area contributed by atoms with Gasteiger partial charge in [0.2, 0.25) is 10.0 Å². The smallest absolute Gasteiger partial charge is 0.269 e. The van der Waals surface area contributed by atoms with Crippen molar-refractivity contribution < 1.29 is 22.9 Å². The molecule has 1 fully saturated rings. The molecule has 8 nitrogen and oxygen atoms in total. The molecule has 0 amide bonds. The maximum absolute atomic E-state index is 14.0. The number of rotatable bonds is 6. The third-order valence-electron chi connectivity index (χ3n) is 6.02. The molecule has 0 bridgehead atoms. The number of nitro groups is 1. The lowest BCUT2D eigenvalue weighted by Gasteiger charge is -2.41. The summed E-state index contributed by atoms with van der Waals surface area (Å²) in [6, 6.07) is 17.7. The van der Waals surface area contributed by atoms with Gasteiger partial charge >= 0.3 is 0 Å². The van der Waals surface area contributed by atoms with Crippen LogP contribution in [-0.2, 0) is 14.8 Å². The number of carbonyl (C=O) groups excluding carboxylic acids is 1. The highest BCUT2D eigenvalue weighted by atomic mass is 32.2. The molecule has 0 radical (unpaired) electrons. The van der Waals surface area contributed by atoms with E-state index in [0.29, 0.717) is 16.9 Å². The molecule has 1 heterocycles. The number of piperidine rings is 1. The number of nitro benzene ring substituents is 1.